The second kappa shape index (κ2) is 6.52. The molecular weight excluding hydrogens is 394 g/mol. The molecule has 3 aromatic heterocycles. The summed E-state index contributed by atoms with van der Waals surface area (Å²) in [6.07, 6.45) is 1.57. The van der Waals surface area contributed by atoms with Crippen molar-refractivity contribution in [3.8, 4) is 0 Å². The van der Waals surface area contributed by atoms with Gasteiger partial charge >= 0.3 is 5.69 Å². The van der Waals surface area contributed by atoms with Gasteiger partial charge in [0.05, 0.1) is 10.4 Å². The van der Waals surface area contributed by atoms with Crippen molar-refractivity contribution < 1.29 is 8.42 Å². The average Bonchev–Trinajstić information content (AvgIpc) is 2.70. The van der Waals surface area contributed by atoms with Crippen LogP contribution in [0.5, 0.6) is 0 Å². The number of nitrogens with zero attached hydrogens (tertiary/aromatic N) is 5. The first-order chi connectivity index (χ1) is 13.7. The van der Waals surface area contributed by atoms with Gasteiger partial charge in [0.15, 0.2) is 5.65 Å². The highest BCUT2D eigenvalue weighted by Gasteiger charge is 2.17. The zero-order valence-corrected chi connectivity index (χ0v) is 16.7. The van der Waals surface area contributed by atoms with Gasteiger partial charge in [-0.1, -0.05) is 23.8 Å². The lowest BCUT2D eigenvalue weighted by atomic mass is 10.2. The zero-order valence-electron chi connectivity index (χ0n) is 15.9. The molecule has 3 heterocycles. The molecule has 0 spiro atoms. The summed E-state index contributed by atoms with van der Waals surface area (Å²) < 4.78 is 33.1. The molecule has 0 saturated carbocycles. The molecule has 0 aliphatic heterocycles. The second-order valence-corrected chi connectivity index (χ2v) is 8.26. The van der Waals surface area contributed by atoms with E-state index in [4.69, 9.17) is 0 Å². The Morgan fingerprint density at radius 3 is 2.34 bits per heavy atom. The smallest absolute Gasteiger partial charge is 0.284 e. The van der Waals surface area contributed by atoms with Crippen LogP contribution in [-0.2, 0) is 24.1 Å². The van der Waals surface area contributed by atoms with E-state index >= 15 is 0 Å². The van der Waals surface area contributed by atoms with E-state index in [1.807, 2.05) is 6.92 Å². The minimum absolute atomic E-state index is 0.0209. The number of pyridine rings is 1. The van der Waals surface area contributed by atoms with Crippen LogP contribution in [0.15, 0.2) is 67.5 Å². The molecule has 0 fully saturated rings. The highest BCUT2D eigenvalue weighted by Crippen LogP contribution is 2.14. The lowest BCUT2D eigenvalue weighted by Gasteiger charge is -2.10. The van der Waals surface area contributed by atoms with E-state index in [1.54, 1.807) is 36.5 Å². The Labute approximate surface area is 164 Å². The minimum Gasteiger partial charge on any atom is -0.284 e. The van der Waals surface area contributed by atoms with Crippen LogP contribution in [-0.4, -0.2) is 26.9 Å². The Morgan fingerprint density at radius 2 is 1.66 bits per heavy atom. The van der Waals surface area contributed by atoms with Crippen molar-refractivity contribution in [3.05, 3.63) is 80.7 Å². The van der Waals surface area contributed by atoms with Crippen LogP contribution in [0, 0.1) is 6.92 Å². The van der Waals surface area contributed by atoms with E-state index in [2.05, 4.69) is 9.38 Å². The molecule has 0 N–H and O–H groups in total. The highest BCUT2D eigenvalue weighted by molar-refractivity contribution is 7.90. The first-order valence-corrected chi connectivity index (χ1v) is 10.1. The predicted molar refractivity (Wildman–Crippen MR) is 107 cm³/mol. The fraction of sp³-hybridized carbons (Fsp3) is 0.158. The number of rotatable bonds is 2. The Balaban J connectivity index is 2.18. The van der Waals surface area contributed by atoms with Gasteiger partial charge in [-0.15, -0.1) is 4.40 Å². The summed E-state index contributed by atoms with van der Waals surface area (Å²) in [7, 11) is -1.21. The third kappa shape index (κ3) is 2.97. The van der Waals surface area contributed by atoms with Crippen LogP contribution in [0.25, 0.3) is 16.6 Å². The van der Waals surface area contributed by atoms with E-state index in [0.717, 1.165) is 10.1 Å². The molecule has 0 radical (unpaired) electrons. The Morgan fingerprint density at radius 1 is 0.966 bits per heavy atom. The van der Waals surface area contributed by atoms with E-state index < -0.39 is 21.3 Å². The topological polar surface area (TPSA) is 108 Å². The second-order valence-electron chi connectivity index (χ2n) is 6.65. The first kappa shape index (κ1) is 18.8. The molecular formula is C19H17N5O4S. The molecule has 0 saturated heterocycles. The monoisotopic (exact) mass is 411 g/mol. The summed E-state index contributed by atoms with van der Waals surface area (Å²) >= 11 is 0. The Bertz CT molecular complexity index is 1580. The number of aryl methyl sites for hydroxylation is 2. The SMILES string of the molecule is Cc1ccc(S(=O)(=O)/N=c2/nc3c(c(=O)n(C)c(=O)n3C)c3ccccn23)cc1. The van der Waals surface area contributed by atoms with Gasteiger partial charge in [0, 0.05) is 20.3 Å². The highest BCUT2D eigenvalue weighted by atomic mass is 32.2. The van der Waals surface area contributed by atoms with Crippen molar-refractivity contribution >= 4 is 26.6 Å². The Hall–Kier alpha value is -3.53. The maximum absolute atomic E-state index is 12.8. The number of sulfonamides is 1. The van der Waals surface area contributed by atoms with E-state index in [1.165, 1.54) is 35.2 Å². The van der Waals surface area contributed by atoms with Crippen LogP contribution < -0.4 is 16.9 Å². The quantitative estimate of drug-likeness (QED) is 0.446. The van der Waals surface area contributed by atoms with E-state index in [9.17, 15) is 18.0 Å². The van der Waals surface area contributed by atoms with Crippen molar-refractivity contribution in [2.24, 2.45) is 18.5 Å². The van der Waals surface area contributed by atoms with E-state index in [0.29, 0.717) is 5.52 Å². The maximum Gasteiger partial charge on any atom is 0.332 e. The van der Waals surface area contributed by atoms with Crippen LogP contribution >= 0.6 is 0 Å². The van der Waals surface area contributed by atoms with Crippen molar-refractivity contribution in [2.45, 2.75) is 11.8 Å². The fourth-order valence-corrected chi connectivity index (χ4v) is 4.02. The average molecular weight is 411 g/mol. The minimum atomic E-state index is -4.06. The lowest BCUT2D eigenvalue weighted by molar-refractivity contribution is 0.595. The summed E-state index contributed by atoms with van der Waals surface area (Å²) in [6, 6.07) is 11.3. The third-order valence-electron chi connectivity index (χ3n) is 4.69. The van der Waals surface area contributed by atoms with Crippen LogP contribution in [0.3, 0.4) is 0 Å². The largest absolute Gasteiger partial charge is 0.332 e. The van der Waals surface area contributed by atoms with Gasteiger partial charge in [0.1, 0.15) is 5.39 Å². The standard InChI is InChI=1S/C19H17N5O4S/c1-12-7-9-13(10-8-12)29(27,28)21-18-20-16-15(14-6-4-5-11-24(14)18)17(25)23(3)19(26)22(16)2/h4-11H,1-3H3/b21-18-. The summed E-state index contributed by atoms with van der Waals surface area (Å²) in [5.41, 5.74) is 0.124. The van der Waals surface area contributed by atoms with E-state index in [-0.39, 0.29) is 21.5 Å². The Kier molecular flexibility index (Phi) is 4.23. The molecule has 4 rings (SSSR count). The lowest BCUT2D eigenvalue weighted by Crippen LogP contribution is -2.39. The normalized spacial score (nSPS) is 12.7. The first-order valence-electron chi connectivity index (χ1n) is 8.65. The molecule has 0 amide bonds. The molecule has 0 aliphatic carbocycles. The molecule has 0 bridgehead atoms. The van der Waals surface area contributed by atoms with Gasteiger partial charge in [0.25, 0.3) is 15.6 Å². The third-order valence-corrected chi connectivity index (χ3v) is 5.96. The van der Waals surface area contributed by atoms with Crippen molar-refractivity contribution in [1.29, 1.82) is 0 Å². The molecule has 0 atom stereocenters. The summed E-state index contributed by atoms with van der Waals surface area (Å²) in [4.78, 5) is 29.3. The molecule has 148 valence electrons. The number of benzene rings is 1. The number of hydrogen-bond acceptors (Lipinski definition) is 5. The molecule has 0 unspecified atom stereocenters. The van der Waals surface area contributed by atoms with Gasteiger partial charge in [-0.2, -0.15) is 13.4 Å². The number of aromatic nitrogens is 4. The summed E-state index contributed by atoms with van der Waals surface area (Å²) in [5, 5.41) is 0.196. The summed E-state index contributed by atoms with van der Waals surface area (Å²) in [5.74, 6) is 0. The van der Waals surface area contributed by atoms with Crippen molar-refractivity contribution in [2.75, 3.05) is 0 Å². The van der Waals surface area contributed by atoms with Gasteiger partial charge in [-0.3, -0.25) is 18.3 Å². The van der Waals surface area contributed by atoms with Gasteiger partial charge in [-0.25, -0.2) is 4.79 Å². The molecule has 9 nitrogen and oxygen atoms in total. The molecule has 29 heavy (non-hydrogen) atoms. The maximum atomic E-state index is 12.8. The van der Waals surface area contributed by atoms with Crippen LogP contribution in [0.1, 0.15) is 5.56 Å². The molecule has 0 aliphatic rings. The zero-order chi connectivity index (χ0) is 20.9. The van der Waals surface area contributed by atoms with Crippen molar-refractivity contribution in [3.63, 3.8) is 0 Å². The number of hydrogen-bond donors (Lipinski definition) is 0. The fourth-order valence-electron chi connectivity index (χ4n) is 3.09. The predicted octanol–water partition coefficient (Wildman–Crippen LogP) is 0.483. The molecule has 10 heteroatoms. The van der Waals surface area contributed by atoms with Gasteiger partial charge < -0.3 is 0 Å². The summed E-state index contributed by atoms with van der Waals surface area (Å²) in [6.45, 7) is 1.85. The van der Waals surface area contributed by atoms with Crippen LogP contribution in [0.4, 0.5) is 0 Å². The van der Waals surface area contributed by atoms with Gasteiger partial charge in [-0.05, 0) is 31.2 Å². The van der Waals surface area contributed by atoms with Crippen LogP contribution in [0.2, 0.25) is 0 Å². The molecule has 1 aromatic carbocycles. The van der Waals surface area contributed by atoms with Gasteiger partial charge in [0.2, 0.25) is 5.62 Å². The number of fused-ring (bicyclic) bond motifs is 3. The molecule has 4 aromatic rings. The van der Waals surface area contributed by atoms with Crippen molar-refractivity contribution in [1.82, 2.24) is 18.5 Å².